The summed E-state index contributed by atoms with van der Waals surface area (Å²) in [5.41, 5.74) is -5.12. The zero-order valence-electron chi connectivity index (χ0n) is 17.7. The molecule has 0 aromatic heterocycles. The Morgan fingerprint density at radius 1 is 1.12 bits per heavy atom. The molecular weight excluding hydrogens is 494 g/mol. The number of rotatable bonds is 3. The number of ketones is 1. The van der Waals surface area contributed by atoms with Gasteiger partial charge >= 0.3 is 27.8 Å². The fraction of sp³-hybridized carbons (Fsp3) is 0.619. The first-order chi connectivity index (χ1) is 15.5. The first-order valence-electron chi connectivity index (χ1n) is 10.5. The minimum absolute atomic E-state index is 0.0291. The van der Waals surface area contributed by atoms with Crippen molar-refractivity contribution in [1.82, 2.24) is 0 Å². The second-order valence-electron chi connectivity index (χ2n) is 9.21. The van der Waals surface area contributed by atoms with Gasteiger partial charge in [0.15, 0.2) is 11.9 Å². The van der Waals surface area contributed by atoms with Crippen molar-refractivity contribution < 1.29 is 53.3 Å². The number of hydrogen-bond acceptors (Lipinski definition) is 6. The molecule has 6 nitrogen and oxygen atoms in total. The van der Waals surface area contributed by atoms with Crippen LogP contribution in [0.2, 0.25) is 0 Å². The topological polar surface area (TPSA) is 86.7 Å². The van der Waals surface area contributed by atoms with E-state index in [0.29, 0.717) is 31.2 Å². The molecule has 0 amide bonds. The summed E-state index contributed by atoms with van der Waals surface area (Å²) in [4.78, 5) is 24.2. The number of alkyl halides is 6. The van der Waals surface area contributed by atoms with Gasteiger partial charge in [0.05, 0.1) is 0 Å². The van der Waals surface area contributed by atoms with Gasteiger partial charge in [-0.3, -0.25) is 4.79 Å². The Morgan fingerprint density at radius 2 is 1.79 bits per heavy atom. The average Bonchev–Trinajstić information content (AvgIpc) is 2.96. The summed E-state index contributed by atoms with van der Waals surface area (Å²) in [7, 11) is -5.81. The molecule has 0 N–H and O–H groups in total. The highest BCUT2D eigenvalue weighted by Gasteiger charge is 2.60. The summed E-state index contributed by atoms with van der Waals surface area (Å²) in [6.07, 6.45) is -5.03. The summed E-state index contributed by atoms with van der Waals surface area (Å²) >= 11 is 0. The third-order valence-corrected chi connectivity index (χ3v) is 8.36. The van der Waals surface area contributed by atoms with Crippen molar-refractivity contribution in [2.75, 3.05) is 0 Å². The van der Waals surface area contributed by atoms with Crippen LogP contribution in [0.1, 0.15) is 49.7 Å². The SMILES string of the molecule is C[C@]12CC[C@@H]3c4ccc(OS(=O)(=O)C(F)(F)F)cc4CC[C@H]3[C@@H]1C[C@H](OC(=O)C(F)(F)F)C2=O. The maximum atomic E-state index is 12.9. The third kappa shape index (κ3) is 4.05. The van der Waals surface area contributed by atoms with Gasteiger partial charge in [-0.15, -0.1) is 0 Å². The lowest BCUT2D eigenvalue weighted by molar-refractivity contribution is -0.204. The second kappa shape index (κ2) is 7.85. The van der Waals surface area contributed by atoms with Gasteiger partial charge < -0.3 is 8.92 Å². The van der Waals surface area contributed by atoms with E-state index in [0.717, 1.165) is 11.6 Å². The zero-order valence-corrected chi connectivity index (χ0v) is 18.5. The van der Waals surface area contributed by atoms with E-state index in [1.807, 2.05) is 0 Å². The van der Waals surface area contributed by atoms with E-state index in [2.05, 4.69) is 8.92 Å². The van der Waals surface area contributed by atoms with Crippen molar-refractivity contribution in [1.29, 1.82) is 0 Å². The molecule has 3 aliphatic rings. The molecule has 2 saturated carbocycles. The molecule has 0 radical (unpaired) electrons. The van der Waals surface area contributed by atoms with Crippen LogP contribution >= 0.6 is 0 Å². The number of aryl methyl sites for hydroxylation is 1. The molecule has 0 spiro atoms. The Balaban J connectivity index is 1.56. The Hall–Kier alpha value is -2.31. The Bertz CT molecular complexity index is 1130. The first kappa shape index (κ1) is 24.8. The fourth-order valence-corrected chi connectivity index (χ4v) is 6.30. The smallest absolute Gasteiger partial charge is 0.448 e. The number of fused-ring (bicyclic) bond motifs is 5. The van der Waals surface area contributed by atoms with Crippen molar-refractivity contribution in [2.24, 2.45) is 17.3 Å². The molecule has 5 atom stereocenters. The van der Waals surface area contributed by atoms with Gasteiger partial charge in [0.1, 0.15) is 5.75 Å². The minimum Gasteiger partial charge on any atom is -0.448 e. The highest BCUT2D eigenvalue weighted by Crippen LogP contribution is 2.60. The van der Waals surface area contributed by atoms with Gasteiger partial charge in [-0.05, 0) is 73.1 Å². The van der Waals surface area contributed by atoms with Gasteiger partial charge in [0.2, 0.25) is 0 Å². The van der Waals surface area contributed by atoms with Crippen LogP contribution in [0.15, 0.2) is 18.2 Å². The molecule has 2 fully saturated rings. The molecule has 1 aromatic rings. The van der Waals surface area contributed by atoms with Crippen LogP contribution in [0.25, 0.3) is 0 Å². The average molecular weight is 514 g/mol. The summed E-state index contributed by atoms with van der Waals surface area (Å²) < 4.78 is 107. The quantitative estimate of drug-likeness (QED) is 0.257. The van der Waals surface area contributed by atoms with E-state index < -0.39 is 50.8 Å². The number of benzene rings is 1. The van der Waals surface area contributed by atoms with Crippen molar-refractivity contribution >= 4 is 21.9 Å². The zero-order chi connectivity index (χ0) is 25.3. The van der Waals surface area contributed by atoms with Crippen LogP contribution in [0.4, 0.5) is 26.3 Å². The third-order valence-electron chi connectivity index (χ3n) is 7.38. The number of halogens is 6. The molecular formula is C21H20F6O6S. The molecule has 0 saturated heterocycles. The van der Waals surface area contributed by atoms with Gasteiger partial charge in [0.25, 0.3) is 0 Å². The standard InChI is InChI=1S/C21H20F6O6S/c1-19-7-6-13-12-5-3-11(33-34(30,31)21(25,26)27)8-10(12)2-4-14(13)15(19)9-16(17(19)28)32-18(29)20(22,23)24/h3,5,8,13-16H,2,4,6-7,9H2,1H3/t13-,14-,15+,16+,19+/m1/s1. The normalized spacial score (nSPS) is 31.3. The molecule has 0 heterocycles. The molecule has 3 aliphatic carbocycles. The number of carbonyl (C=O) groups excluding carboxylic acids is 2. The van der Waals surface area contributed by atoms with Gasteiger partial charge in [-0.25, -0.2) is 4.79 Å². The monoisotopic (exact) mass is 514 g/mol. The molecule has 0 unspecified atom stereocenters. The van der Waals surface area contributed by atoms with Gasteiger partial charge in [0, 0.05) is 5.41 Å². The van der Waals surface area contributed by atoms with Crippen LogP contribution in [-0.2, 0) is 30.9 Å². The van der Waals surface area contributed by atoms with E-state index in [-0.39, 0.29) is 24.2 Å². The van der Waals surface area contributed by atoms with Crippen LogP contribution in [0.3, 0.4) is 0 Å². The van der Waals surface area contributed by atoms with Crippen LogP contribution in [0.5, 0.6) is 5.75 Å². The van der Waals surface area contributed by atoms with E-state index >= 15 is 0 Å². The predicted molar refractivity (Wildman–Crippen MR) is 103 cm³/mol. The van der Waals surface area contributed by atoms with Crippen molar-refractivity contribution in [2.45, 2.75) is 62.7 Å². The van der Waals surface area contributed by atoms with Crippen molar-refractivity contribution in [3.8, 4) is 5.75 Å². The van der Waals surface area contributed by atoms with E-state index in [4.69, 9.17) is 0 Å². The predicted octanol–water partition coefficient (Wildman–Crippen LogP) is 4.42. The molecule has 4 rings (SSSR count). The van der Waals surface area contributed by atoms with Crippen molar-refractivity contribution in [3.05, 3.63) is 29.3 Å². The van der Waals surface area contributed by atoms with Crippen LogP contribution in [0, 0.1) is 17.3 Å². The highest BCUT2D eigenvalue weighted by molar-refractivity contribution is 7.88. The second-order valence-corrected chi connectivity index (χ2v) is 10.7. The molecule has 1 aromatic carbocycles. The Kier molecular flexibility index (Phi) is 5.73. The number of Topliss-reactive ketones (excluding diaryl/α,β-unsaturated/α-hetero) is 1. The number of carbonyl (C=O) groups is 2. The largest absolute Gasteiger partial charge is 0.534 e. The maximum absolute atomic E-state index is 12.9. The molecule has 34 heavy (non-hydrogen) atoms. The van der Waals surface area contributed by atoms with E-state index in [1.165, 1.54) is 12.1 Å². The highest BCUT2D eigenvalue weighted by atomic mass is 32.2. The van der Waals surface area contributed by atoms with Gasteiger partial charge in [-0.2, -0.15) is 34.8 Å². The lowest BCUT2D eigenvalue weighted by atomic mass is 9.55. The fourth-order valence-electron chi connectivity index (χ4n) is 5.85. The van der Waals surface area contributed by atoms with Crippen LogP contribution < -0.4 is 4.18 Å². The number of hydrogen-bond donors (Lipinski definition) is 0. The van der Waals surface area contributed by atoms with Crippen molar-refractivity contribution in [3.63, 3.8) is 0 Å². The molecule has 0 aliphatic heterocycles. The summed E-state index contributed by atoms with van der Waals surface area (Å²) in [5, 5.41) is 0. The van der Waals surface area contributed by atoms with Crippen LogP contribution in [-0.4, -0.2) is 38.0 Å². The Labute approximate surface area is 190 Å². The summed E-state index contributed by atoms with van der Waals surface area (Å²) in [6.45, 7) is 1.67. The number of esters is 1. The lowest BCUT2D eigenvalue weighted by Gasteiger charge is -2.48. The Morgan fingerprint density at radius 3 is 2.41 bits per heavy atom. The summed E-state index contributed by atoms with van der Waals surface area (Å²) in [5.74, 6) is -3.97. The first-order valence-corrected chi connectivity index (χ1v) is 11.9. The molecule has 13 heteroatoms. The number of ether oxygens (including phenoxy) is 1. The minimum atomic E-state index is -5.81. The maximum Gasteiger partial charge on any atom is 0.534 e. The van der Waals surface area contributed by atoms with Gasteiger partial charge in [-0.1, -0.05) is 13.0 Å². The molecule has 0 bridgehead atoms. The molecule has 188 valence electrons. The van der Waals surface area contributed by atoms with E-state index in [9.17, 15) is 44.3 Å². The van der Waals surface area contributed by atoms with E-state index in [1.54, 1.807) is 6.92 Å². The lowest BCUT2D eigenvalue weighted by Crippen LogP contribution is -2.43. The summed E-state index contributed by atoms with van der Waals surface area (Å²) in [6, 6.07) is 3.87.